The largest absolute Gasteiger partial charge is 0.388 e. The topological polar surface area (TPSA) is 79.2 Å². The van der Waals surface area contributed by atoms with Crippen LogP contribution < -0.4 is 0 Å². The second-order valence-corrected chi connectivity index (χ2v) is 2.92. The van der Waals surface area contributed by atoms with Gasteiger partial charge in [0.15, 0.2) is 6.29 Å². The minimum Gasteiger partial charge on any atom is -0.388 e. The fourth-order valence-electron chi connectivity index (χ4n) is 1.21. The fourth-order valence-corrected chi connectivity index (χ4v) is 1.21. The highest BCUT2D eigenvalue weighted by atomic mass is 16.7. The van der Waals surface area contributed by atoms with Gasteiger partial charge in [0.2, 0.25) is 0 Å². The molecule has 1 aliphatic heterocycles. The Hall–Kier alpha value is -0.200. The molecule has 3 N–H and O–H groups in total. The van der Waals surface area contributed by atoms with Crippen LogP contribution in [0.1, 0.15) is 6.92 Å². The number of rotatable bonds is 1. The maximum Gasteiger partial charge on any atom is 0.186 e. The first-order chi connectivity index (χ1) is 5.57. The highest BCUT2D eigenvalue weighted by Crippen LogP contribution is 2.20. The first-order valence-electron chi connectivity index (χ1n) is 3.80. The molecule has 0 saturated carbocycles. The van der Waals surface area contributed by atoms with Crippen molar-refractivity contribution < 1.29 is 24.8 Å². The molecule has 0 aromatic rings. The van der Waals surface area contributed by atoms with E-state index in [0.29, 0.717) is 0 Å². The van der Waals surface area contributed by atoms with Gasteiger partial charge in [-0.05, 0) is 6.92 Å². The maximum absolute atomic E-state index is 9.27. The summed E-state index contributed by atoms with van der Waals surface area (Å²) in [5.74, 6) is 0. The second-order valence-electron chi connectivity index (χ2n) is 2.92. The van der Waals surface area contributed by atoms with E-state index in [0.717, 1.165) is 0 Å². The molecule has 0 radical (unpaired) electrons. The zero-order valence-electron chi connectivity index (χ0n) is 7.04. The minimum absolute atomic E-state index is 0.534. The molecular weight excluding hydrogens is 164 g/mol. The molecule has 1 saturated heterocycles. The molecule has 0 aromatic carbocycles. The smallest absolute Gasteiger partial charge is 0.186 e. The van der Waals surface area contributed by atoms with Crippen molar-refractivity contribution in [2.24, 2.45) is 0 Å². The van der Waals surface area contributed by atoms with Gasteiger partial charge in [-0.3, -0.25) is 0 Å². The van der Waals surface area contributed by atoms with Crippen molar-refractivity contribution in [1.29, 1.82) is 0 Å². The van der Waals surface area contributed by atoms with Crippen LogP contribution >= 0.6 is 0 Å². The first-order valence-corrected chi connectivity index (χ1v) is 3.80. The molecule has 5 nitrogen and oxygen atoms in total. The predicted molar refractivity (Wildman–Crippen MR) is 39.4 cm³/mol. The summed E-state index contributed by atoms with van der Waals surface area (Å²) in [4.78, 5) is 0. The molecule has 1 fully saturated rings. The number of aliphatic hydroxyl groups is 3. The van der Waals surface area contributed by atoms with Gasteiger partial charge in [-0.1, -0.05) is 0 Å². The lowest BCUT2D eigenvalue weighted by molar-refractivity contribution is -0.286. The number of ether oxygens (including phenoxy) is 2. The van der Waals surface area contributed by atoms with Crippen LogP contribution in [0.4, 0.5) is 0 Å². The van der Waals surface area contributed by atoms with Crippen LogP contribution in [0.3, 0.4) is 0 Å². The molecule has 5 atom stereocenters. The normalized spacial score (nSPS) is 49.2. The highest BCUT2D eigenvalue weighted by molar-refractivity contribution is 4.86. The monoisotopic (exact) mass is 178 g/mol. The van der Waals surface area contributed by atoms with Gasteiger partial charge in [0.05, 0.1) is 6.10 Å². The van der Waals surface area contributed by atoms with Crippen molar-refractivity contribution >= 4 is 0 Å². The van der Waals surface area contributed by atoms with Gasteiger partial charge >= 0.3 is 0 Å². The third kappa shape index (κ3) is 1.60. The number of hydrogen-bond donors (Lipinski definition) is 3. The zero-order chi connectivity index (χ0) is 9.30. The van der Waals surface area contributed by atoms with Crippen LogP contribution in [0.5, 0.6) is 0 Å². The summed E-state index contributed by atoms with van der Waals surface area (Å²) < 4.78 is 9.80. The van der Waals surface area contributed by atoms with Gasteiger partial charge in [-0.25, -0.2) is 0 Å². The molecule has 1 aliphatic rings. The molecule has 0 aromatic heterocycles. The summed E-state index contributed by atoms with van der Waals surface area (Å²) in [5, 5.41) is 27.8. The van der Waals surface area contributed by atoms with Crippen molar-refractivity contribution in [3.05, 3.63) is 0 Å². The Bertz CT molecular complexity index is 146. The Morgan fingerprint density at radius 3 is 2.17 bits per heavy atom. The lowest BCUT2D eigenvalue weighted by Crippen LogP contribution is -2.57. The third-order valence-electron chi connectivity index (χ3n) is 2.04. The summed E-state index contributed by atoms with van der Waals surface area (Å²) in [6.07, 6.45) is -4.86. The maximum atomic E-state index is 9.27. The highest BCUT2D eigenvalue weighted by Gasteiger charge is 2.41. The Kier molecular flexibility index (Phi) is 3.03. The van der Waals surface area contributed by atoms with Crippen molar-refractivity contribution in [3.63, 3.8) is 0 Å². The van der Waals surface area contributed by atoms with Crippen LogP contribution in [-0.4, -0.2) is 53.1 Å². The van der Waals surface area contributed by atoms with Gasteiger partial charge in [0, 0.05) is 7.11 Å². The number of methoxy groups -OCH3 is 1. The van der Waals surface area contributed by atoms with E-state index >= 15 is 0 Å². The van der Waals surface area contributed by atoms with Crippen molar-refractivity contribution in [3.8, 4) is 0 Å². The predicted octanol–water partition coefficient (Wildman–Crippen LogP) is -1.54. The van der Waals surface area contributed by atoms with Gasteiger partial charge in [-0.2, -0.15) is 0 Å². The lowest BCUT2D eigenvalue weighted by Gasteiger charge is -2.38. The second kappa shape index (κ2) is 3.68. The van der Waals surface area contributed by atoms with Crippen molar-refractivity contribution in [2.75, 3.05) is 7.11 Å². The molecule has 0 spiro atoms. The SMILES string of the molecule is CO[C@@H]1O[C@@H](C)[C@@H](O)[C@@H](O)[C@@H]1O. The molecule has 0 bridgehead atoms. The van der Waals surface area contributed by atoms with E-state index < -0.39 is 30.7 Å². The van der Waals surface area contributed by atoms with Crippen LogP contribution in [0.15, 0.2) is 0 Å². The molecule has 5 heteroatoms. The summed E-state index contributed by atoms with van der Waals surface area (Å²) >= 11 is 0. The molecular formula is C7H14O5. The minimum atomic E-state index is -1.21. The van der Waals surface area contributed by atoms with E-state index in [2.05, 4.69) is 0 Å². The van der Waals surface area contributed by atoms with Gasteiger partial charge in [0.1, 0.15) is 18.3 Å². The van der Waals surface area contributed by atoms with E-state index in [1.807, 2.05) is 0 Å². The van der Waals surface area contributed by atoms with Gasteiger partial charge in [0.25, 0.3) is 0 Å². The van der Waals surface area contributed by atoms with Gasteiger partial charge in [-0.15, -0.1) is 0 Å². The molecule has 0 unspecified atom stereocenters. The average Bonchev–Trinajstić information content (AvgIpc) is 2.08. The van der Waals surface area contributed by atoms with E-state index in [1.165, 1.54) is 7.11 Å². The van der Waals surface area contributed by atoms with E-state index in [9.17, 15) is 15.3 Å². The van der Waals surface area contributed by atoms with Crippen molar-refractivity contribution in [2.45, 2.75) is 37.6 Å². The van der Waals surface area contributed by atoms with E-state index in [-0.39, 0.29) is 0 Å². The van der Waals surface area contributed by atoms with E-state index in [1.54, 1.807) is 6.92 Å². The van der Waals surface area contributed by atoms with Crippen LogP contribution in [0.25, 0.3) is 0 Å². The quantitative estimate of drug-likeness (QED) is 0.453. The Morgan fingerprint density at radius 1 is 1.08 bits per heavy atom. The third-order valence-corrected chi connectivity index (χ3v) is 2.04. The fraction of sp³-hybridized carbons (Fsp3) is 1.00. The zero-order valence-corrected chi connectivity index (χ0v) is 7.04. The summed E-state index contributed by atoms with van der Waals surface area (Å²) in [7, 11) is 1.37. The summed E-state index contributed by atoms with van der Waals surface area (Å²) in [6.45, 7) is 1.60. The Labute approximate surface area is 70.5 Å². The van der Waals surface area contributed by atoms with Crippen molar-refractivity contribution in [1.82, 2.24) is 0 Å². The van der Waals surface area contributed by atoms with Gasteiger partial charge < -0.3 is 24.8 Å². The Balaban J connectivity index is 2.63. The van der Waals surface area contributed by atoms with Crippen LogP contribution in [0.2, 0.25) is 0 Å². The summed E-state index contributed by atoms with van der Waals surface area (Å²) in [5.41, 5.74) is 0. The summed E-state index contributed by atoms with van der Waals surface area (Å²) in [6, 6.07) is 0. The molecule has 12 heavy (non-hydrogen) atoms. The van der Waals surface area contributed by atoms with Crippen LogP contribution in [0, 0.1) is 0 Å². The molecule has 0 aliphatic carbocycles. The number of aliphatic hydroxyl groups excluding tert-OH is 3. The molecule has 72 valence electrons. The van der Waals surface area contributed by atoms with Crippen LogP contribution in [-0.2, 0) is 9.47 Å². The standard InChI is InChI=1S/C7H14O5/c1-3-4(8)5(9)6(10)7(11-2)12-3/h3-10H,1-2H3/t3-,4+,5+,6-,7+/m0/s1. The number of hydrogen-bond acceptors (Lipinski definition) is 5. The average molecular weight is 178 g/mol. The Morgan fingerprint density at radius 2 is 1.67 bits per heavy atom. The first kappa shape index (κ1) is 9.88. The van der Waals surface area contributed by atoms with E-state index in [4.69, 9.17) is 9.47 Å². The molecule has 1 heterocycles. The molecule has 0 amide bonds. The lowest BCUT2D eigenvalue weighted by atomic mass is 10.0. The molecule has 1 rings (SSSR count).